The van der Waals surface area contributed by atoms with E-state index >= 15 is 0 Å². The summed E-state index contributed by atoms with van der Waals surface area (Å²) in [6.45, 7) is 3.13. The number of methoxy groups -OCH3 is 1. The number of halogens is 2. The Morgan fingerprint density at radius 3 is 2.84 bits per heavy atom. The second kappa shape index (κ2) is 6.84. The molecule has 1 saturated heterocycles. The minimum Gasteiger partial charge on any atom is -0.378 e. The molecule has 0 bridgehead atoms. The molecule has 1 aliphatic heterocycles. The standard InChI is InChI=1S/C13H17FN2O2.ClH/c1-8-5-9(14)3-4-10(8)13(17)16-11-6-15-7-12(11)18-2;/h3-5,11-12,15H,6-7H2,1-2H3,(H,16,17);1H/t11?,12-;/m0./s1. The third-order valence-electron chi connectivity index (χ3n) is 3.21. The van der Waals surface area contributed by atoms with Gasteiger partial charge in [0.1, 0.15) is 5.82 Å². The molecule has 2 N–H and O–H groups in total. The summed E-state index contributed by atoms with van der Waals surface area (Å²) < 4.78 is 18.2. The van der Waals surface area contributed by atoms with Crippen molar-refractivity contribution in [2.45, 2.75) is 19.1 Å². The number of hydrogen-bond acceptors (Lipinski definition) is 3. The third kappa shape index (κ3) is 3.65. The Morgan fingerprint density at radius 2 is 2.21 bits per heavy atom. The molecule has 0 radical (unpaired) electrons. The van der Waals surface area contributed by atoms with E-state index in [9.17, 15) is 9.18 Å². The molecule has 19 heavy (non-hydrogen) atoms. The third-order valence-corrected chi connectivity index (χ3v) is 3.21. The van der Waals surface area contributed by atoms with Gasteiger partial charge in [0.25, 0.3) is 5.91 Å². The van der Waals surface area contributed by atoms with Gasteiger partial charge in [-0.05, 0) is 30.7 Å². The lowest BCUT2D eigenvalue weighted by Crippen LogP contribution is -2.43. The molecule has 1 aromatic carbocycles. The molecule has 0 aliphatic carbocycles. The van der Waals surface area contributed by atoms with Crippen LogP contribution in [0.3, 0.4) is 0 Å². The van der Waals surface area contributed by atoms with E-state index in [4.69, 9.17) is 4.74 Å². The Balaban J connectivity index is 0.00000180. The Labute approximate surface area is 118 Å². The first-order valence-electron chi connectivity index (χ1n) is 5.92. The SMILES string of the molecule is CO[C@H]1CNCC1NC(=O)c1ccc(F)cc1C.Cl. The van der Waals surface area contributed by atoms with Crippen LogP contribution in [0.1, 0.15) is 15.9 Å². The van der Waals surface area contributed by atoms with Crippen molar-refractivity contribution < 1.29 is 13.9 Å². The summed E-state index contributed by atoms with van der Waals surface area (Å²) in [6.07, 6.45) is -0.0188. The van der Waals surface area contributed by atoms with Gasteiger partial charge in [-0.1, -0.05) is 0 Å². The molecule has 1 amide bonds. The molecule has 2 rings (SSSR count). The lowest BCUT2D eigenvalue weighted by Gasteiger charge is -2.19. The Kier molecular flexibility index (Phi) is 5.72. The van der Waals surface area contributed by atoms with Gasteiger partial charge >= 0.3 is 0 Å². The summed E-state index contributed by atoms with van der Waals surface area (Å²) in [5.74, 6) is -0.524. The van der Waals surface area contributed by atoms with Crippen molar-refractivity contribution in [3.8, 4) is 0 Å². The van der Waals surface area contributed by atoms with Crippen LogP contribution in [0.25, 0.3) is 0 Å². The number of ether oxygens (including phenoxy) is 1. The minimum atomic E-state index is -0.332. The van der Waals surface area contributed by atoms with E-state index in [1.807, 2.05) is 0 Å². The normalized spacial score (nSPS) is 21.8. The van der Waals surface area contributed by atoms with Gasteiger partial charge in [0.2, 0.25) is 0 Å². The summed E-state index contributed by atoms with van der Waals surface area (Å²) in [6, 6.07) is 4.11. The van der Waals surface area contributed by atoms with Crippen LogP contribution in [0, 0.1) is 12.7 Å². The topological polar surface area (TPSA) is 50.4 Å². The molecular formula is C13H18ClFN2O2. The van der Waals surface area contributed by atoms with Crippen molar-refractivity contribution >= 4 is 18.3 Å². The summed E-state index contributed by atoms with van der Waals surface area (Å²) in [5.41, 5.74) is 1.13. The first-order valence-corrected chi connectivity index (χ1v) is 5.92. The molecule has 1 aromatic rings. The first-order chi connectivity index (χ1) is 8.61. The predicted octanol–water partition coefficient (Wildman–Crippen LogP) is 1.27. The molecular weight excluding hydrogens is 271 g/mol. The van der Waals surface area contributed by atoms with Crippen LogP contribution in [-0.2, 0) is 4.74 Å². The molecule has 1 heterocycles. The fourth-order valence-electron chi connectivity index (χ4n) is 2.17. The maximum absolute atomic E-state index is 13.0. The van der Waals surface area contributed by atoms with Crippen LogP contribution in [0.2, 0.25) is 0 Å². The number of rotatable bonds is 3. The van der Waals surface area contributed by atoms with E-state index in [1.165, 1.54) is 18.2 Å². The van der Waals surface area contributed by atoms with Gasteiger partial charge in [-0.15, -0.1) is 12.4 Å². The van der Waals surface area contributed by atoms with Crippen LogP contribution in [0.15, 0.2) is 18.2 Å². The van der Waals surface area contributed by atoms with Gasteiger partial charge in [-0.2, -0.15) is 0 Å². The lowest BCUT2D eigenvalue weighted by atomic mass is 10.1. The summed E-state index contributed by atoms with van der Waals surface area (Å²) in [5, 5.41) is 6.06. The average Bonchev–Trinajstić information content (AvgIpc) is 2.76. The molecule has 0 spiro atoms. The monoisotopic (exact) mass is 288 g/mol. The van der Waals surface area contributed by atoms with E-state index in [-0.39, 0.29) is 36.3 Å². The highest BCUT2D eigenvalue weighted by Crippen LogP contribution is 2.11. The first kappa shape index (κ1) is 15.9. The van der Waals surface area contributed by atoms with Crippen LogP contribution in [-0.4, -0.2) is 38.3 Å². The van der Waals surface area contributed by atoms with Crippen molar-refractivity contribution in [1.29, 1.82) is 0 Å². The van der Waals surface area contributed by atoms with Gasteiger partial charge in [-0.25, -0.2) is 4.39 Å². The molecule has 4 nitrogen and oxygen atoms in total. The largest absolute Gasteiger partial charge is 0.378 e. The number of benzene rings is 1. The van der Waals surface area contributed by atoms with Crippen LogP contribution < -0.4 is 10.6 Å². The quantitative estimate of drug-likeness (QED) is 0.881. The van der Waals surface area contributed by atoms with E-state index < -0.39 is 0 Å². The van der Waals surface area contributed by atoms with Crippen molar-refractivity contribution in [3.05, 3.63) is 35.1 Å². The highest BCUT2D eigenvalue weighted by molar-refractivity contribution is 5.95. The molecule has 2 atom stereocenters. The lowest BCUT2D eigenvalue weighted by molar-refractivity contribution is 0.0779. The Bertz CT molecular complexity index is 456. The zero-order chi connectivity index (χ0) is 13.1. The zero-order valence-electron chi connectivity index (χ0n) is 10.9. The summed E-state index contributed by atoms with van der Waals surface area (Å²) in [4.78, 5) is 12.1. The second-order valence-electron chi connectivity index (χ2n) is 4.47. The smallest absolute Gasteiger partial charge is 0.251 e. The number of amides is 1. The van der Waals surface area contributed by atoms with Gasteiger partial charge < -0.3 is 15.4 Å². The van der Waals surface area contributed by atoms with E-state index in [1.54, 1.807) is 14.0 Å². The maximum atomic E-state index is 13.0. The molecule has 6 heteroatoms. The number of aryl methyl sites for hydroxylation is 1. The highest BCUT2D eigenvalue weighted by atomic mass is 35.5. The molecule has 0 saturated carbocycles. The van der Waals surface area contributed by atoms with E-state index in [2.05, 4.69) is 10.6 Å². The van der Waals surface area contributed by atoms with Gasteiger partial charge in [0, 0.05) is 25.8 Å². The second-order valence-corrected chi connectivity index (χ2v) is 4.47. The zero-order valence-corrected chi connectivity index (χ0v) is 11.7. The van der Waals surface area contributed by atoms with E-state index in [0.29, 0.717) is 17.7 Å². The highest BCUT2D eigenvalue weighted by Gasteiger charge is 2.28. The fraction of sp³-hybridized carbons (Fsp3) is 0.462. The minimum absolute atomic E-state index is 0. The van der Waals surface area contributed by atoms with Crippen molar-refractivity contribution in [2.75, 3.05) is 20.2 Å². The van der Waals surface area contributed by atoms with Crippen LogP contribution >= 0.6 is 12.4 Å². The van der Waals surface area contributed by atoms with Gasteiger partial charge in [0.05, 0.1) is 12.1 Å². The Morgan fingerprint density at radius 1 is 1.47 bits per heavy atom. The molecule has 1 fully saturated rings. The molecule has 106 valence electrons. The van der Waals surface area contributed by atoms with Gasteiger partial charge in [0.15, 0.2) is 0 Å². The maximum Gasteiger partial charge on any atom is 0.251 e. The number of nitrogens with one attached hydrogen (secondary N) is 2. The fourth-order valence-corrected chi connectivity index (χ4v) is 2.17. The number of carbonyl (C=O) groups is 1. The van der Waals surface area contributed by atoms with Crippen LogP contribution in [0.5, 0.6) is 0 Å². The predicted molar refractivity (Wildman–Crippen MR) is 73.3 cm³/mol. The van der Waals surface area contributed by atoms with E-state index in [0.717, 1.165) is 6.54 Å². The van der Waals surface area contributed by atoms with Crippen molar-refractivity contribution in [3.63, 3.8) is 0 Å². The van der Waals surface area contributed by atoms with Crippen LogP contribution in [0.4, 0.5) is 4.39 Å². The number of hydrogen-bond donors (Lipinski definition) is 2. The van der Waals surface area contributed by atoms with Crippen molar-refractivity contribution in [2.24, 2.45) is 0 Å². The molecule has 1 aliphatic rings. The van der Waals surface area contributed by atoms with Gasteiger partial charge in [-0.3, -0.25) is 4.79 Å². The van der Waals surface area contributed by atoms with Crippen molar-refractivity contribution in [1.82, 2.24) is 10.6 Å². The molecule has 1 unspecified atom stereocenters. The summed E-state index contributed by atoms with van der Waals surface area (Å²) >= 11 is 0. The summed E-state index contributed by atoms with van der Waals surface area (Å²) in [7, 11) is 1.62. The Hall–Kier alpha value is -1.17. The number of carbonyl (C=O) groups excluding carboxylic acids is 1. The molecule has 0 aromatic heterocycles. The average molecular weight is 289 g/mol.